The van der Waals surface area contributed by atoms with Crippen LogP contribution in [0.25, 0.3) is 11.2 Å². The molecule has 14 nitrogen and oxygen atoms in total. The third-order valence-electron chi connectivity index (χ3n) is 5.22. The summed E-state index contributed by atoms with van der Waals surface area (Å²) in [5.41, 5.74) is 6.07. The number of nitrogens with zero attached hydrogens (tertiary/aromatic N) is 5. The number of ether oxygens (including phenoxy) is 1. The minimum Gasteiger partial charge on any atom is -0.507 e. The maximum Gasteiger partial charge on any atom is 0.303 e. The summed E-state index contributed by atoms with van der Waals surface area (Å²) in [6.07, 6.45) is -2.65. The van der Waals surface area contributed by atoms with E-state index in [4.69, 9.17) is 10.5 Å². The van der Waals surface area contributed by atoms with Crippen molar-refractivity contribution in [2.45, 2.75) is 24.5 Å². The topological polar surface area (TPSA) is 206 Å². The number of aromatic hydroxyl groups is 1. The van der Waals surface area contributed by atoms with Crippen molar-refractivity contribution in [2.24, 2.45) is 0 Å². The van der Waals surface area contributed by atoms with Gasteiger partial charge in [-0.3, -0.25) is 9.36 Å². The molecule has 0 radical (unpaired) electrons. The van der Waals surface area contributed by atoms with Gasteiger partial charge in [-0.1, -0.05) is 12.1 Å². The number of aliphatic hydroxyl groups is 2. The van der Waals surface area contributed by atoms with Crippen LogP contribution in [0, 0.1) is 0 Å². The Labute approximate surface area is 187 Å². The molecule has 0 bridgehead atoms. The highest BCUT2D eigenvalue weighted by atomic mass is 32.2. The van der Waals surface area contributed by atoms with Crippen LogP contribution >= 0.6 is 0 Å². The first kappa shape index (κ1) is 22.8. The molecule has 1 saturated heterocycles. The van der Waals surface area contributed by atoms with Crippen molar-refractivity contribution in [3.63, 3.8) is 0 Å². The number of benzene rings is 1. The highest BCUT2D eigenvalue weighted by Gasteiger charge is 2.45. The molecule has 0 spiro atoms. The van der Waals surface area contributed by atoms with Crippen molar-refractivity contribution in [1.82, 2.24) is 28.5 Å². The Balaban J connectivity index is 1.48. The van der Waals surface area contributed by atoms with Crippen LogP contribution in [-0.4, -0.2) is 85.4 Å². The molecule has 6 N–H and O–H groups in total. The van der Waals surface area contributed by atoms with Gasteiger partial charge in [0, 0.05) is 13.6 Å². The lowest BCUT2D eigenvalue weighted by molar-refractivity contribution is -0.0377. The molecule has 4 rings (SSSR count). The van der Waals surface area contributed by atoms with Crippen LogP contribution in [0.15, 0.2) is 36.9 Å². The first-order valence-corrected chi connectivity index (χ1v) is 11.0. The number of nitrogens with two attached hydrogens (primary N) is 1. The maximum atomic E-state index is 12.6. The molecule has 0 saturated carbocycles. The van der Waals surface area contributed by atoms with Gasteiger partial charge in [-0.25, -0.2) is 19.7 Å². The van der Waals surface area contributed by atoms with Crippen molar-refractivity contribution in [3.05, 3.63) is 42.5 Å². The summed E-state index contributed by atoms with van der Waals surface area (Å²) in [6, 6.07) is 5.45. The fraction of sp³-hybridized carbons (Fsp3) is 0.333. The average molecular weight is 479 g/mol. The van der Waals surface area contributed by atoms with Gasteiger partial charge in [0.15, 0.2) is 17.7 Å². The van der Waals surface area contributed by atoms with E-state index in [1.807, 2.05) is 4.72 Å². The molecule has 3 aromatic rings. The number of likely N-dealkylation sites (N-methyl/N-ethyl adjacent to an activating group) is 1. The van der Waals surface area contributed by atoms with Gasteiger partial charge in [-0.2, -0.15) is 12.7 Å². The van der Waals surface area contributed by atoms with E-state index in [0.717, 1.165) is 11.4 Å². The van der Waals surface area contributed by atoms with E-state index in [-0.39, 0.29) is 28.3 Å². The fourth-order valence-electron chi connectivity index (χ4n) is 3.43. The minimum absolute atomic E-state index is 0.120. The summed E-state index contributed by atoms with van der Waals surface area (Å²) in [7, 11) is -3.21. The summed E-state index contributed by atoms with van der Waals surface area (Å²) in [5, 5.41) is 30.7. The summed E-state index contributed by atoms with van der Waals surface area (Å²) >= 11 is 0. The largest absolute Gasteiger partial charge is 0.507 e. The number of phenols is 1. The van der Waals surface area contributed by atoms with Crippen LogP contribution in [0.5, 0.6) is 5.75 Å². The highest BCUT2D eigenvalue weighted by molar-refractivity contribution is 7.87. The van der Waals surface area contributed by atoms with Crippen molar-refractivity contribution >= 4 is 33.1 Å². The molecule has 1 fully saturated rings. The van der Waals surface area contributed by atoms with Gasteiger partial charge >= 0.3 is 10.2 Å². The van der Waals surface area contributed by atoms with E-state index < -0.39 is 47.2 Å². The third-order valence-corrected chi connectivity index (χ3v) is 6.63. The molecular formula is C18H21N7O7S. The number of hydrogen-bond acceptors (Lipinski definition) is 11. The smallest absolute Gasteiger partial charge is 0.303 e. The number of amides is 1. The second-order valence-electron chi connectivity index (χ2n) is 7.36. The Morgan fingerprint density at radius 1 is 1.24 bits per heavy atom. The molecule has 1 aliphatic heterocycles. The van der Waals surface area contributed by atoms with Gasteiger partial charge in [0.05, 0.1) is 11.9 Å². The van der Waals surface area contributed by atoms with E-state index in [0.29, 0.717) is 0 Å². The van der Waals surface area contributed by atoms with Gasteiger partial charge in [-0.15, -0.1) is 0 Å². The molecule has 4 atom stereocenters. The number of phenolic OH excluding ortho intramolecular Hbond substituents is 1. The Morgan fingerprint density at radius 2 is 1.97 bits per heavy atom. The number of imidazole rings is 1. The van der Waals surface area contributed by atoms with Crippen molar-refractivity contribution in [2.75, 3.05) is 19.3 Å². The summed E-state index contributed by atoms with van der Waals surface area (Å²) in [6.45, 7) is -0.401. The fourth-order valence-corrected chi connectivity index (χ4v) is 4.28. The summed E-state index contributed by atoms with van der Waals surface area (Å²) in [4.78, 5) is 24.2. The monoisotopic (exact) mass is 479 g/mol. The average Bonchev–Trinajstić information content (AvgIpc) is 3.31. The van der Waals surface area contributed by atoms with E-state index in [1.54, 1.807) is 0 Å². The zero-order valence-electron chi connectivity index (χ0n) is 17.2. The zero-order chi connectivity index (χ0) is 23.9. The molecule has 0 unspecified atom stereocenters. The van der Waals surface area contributed by atoms with Crippen LogP contribution in [0.1, 0.15) is 16.6 Å². The first-order chi connectivity index (χ1) is 15.6. The predicted octanol–water partition coefficient (Wildman–Crippen LogP) is -1.66. The standard InChI is InChI=1S/C18H21N7O7S/c1-24(33(30,31)23-17(29)9-4-2-3-5-10(9)26)6-11-13(27)14(28)18(32-11)25-8-22-12-15(19)20-7-21-16(12)25/h2-5,7-8,11,13-14,18,26-28H,6H2,1H3,(H,23,29)(H2,19,20,21)/t11-,13-,14-,18-/m1/s1. The van der Waals surface area contributed by atoms with Crippen LogP contribution in [0.2, 0.25) is 0 Å². The van der Waals surface area contributed by atoms with Crippen LogP contribution in [-0.2, 0) is 14.9 Å². The SMILES string of the molecule is CN(C[C@H]1O[C@@H](n2cnc3c(N)ncnc32)[C@H](O)[C@@H]1O)S(=O)(=O)NC(=O)c1ccccc1O. The number of aliphatic hydroxyl groups excluding tert-OH is 2. The van der Waals surface area contributed by atoms with Gasteiger partial charge in [-0.05, 0) is 12.1 Å². The normalized spacial score (nSPS) is 23.3. The molecule has 1 amide bonds. The quantitative estimate of drug-likeness (QED) is 0.270. The Morgan fingerprint density at radius 3 is 2.70 bits per heavy atom. The molecule has 3 heterocycles. The predicted molar refractivity (Wildman–Crippen MR) is 113 cm³/mol. The number of fused-ring (bicyclic) bond motifs is 1. The summed E-state index contributed by atoms with van der Waals surface area (Å²) < 4.78 is 34.8. The Hall–Kier alpha value is -3.37. The second kappa shape index (κ2) is 8.53. The van der Waals surface area contributed by atoms with Gasteiger partial charge < -0.3 is 25.8 Å². The number of nitrogen functional groups attached to an aromatic ring is 1. The number of para-hydroxylation sites is 1. The van der Waals surface area contributed by atoms with Gasteiger partial charge in [0.1, 0.15) is 35.9 Å². The molecule has 33 heavy (non-hydrogen) atoms. The van der Waals surface area contributed by atoms with E-state index >= 15 is 0 Å². The van der Waals surface area contributed by atoms with Crippen LogP contribution in [0.3, 0.4) is 0 Å². The number of rotatable bonds is 6. The molecule has 15 heteroatoms. The lowest BCUT2D eigenvalue weighted by Crippen LogP contribution is -2.46. The summed E-state index contributed by atoms with van der Waals surface area (Å²) in [5.74, 6) is -1.30. The number of nitrogens with one attached hydrogen (secondary N) is 1. The molecule has 1 aromatic carbocycles. The van der Waals surface area contributed by atoms with Crippen LogP contribution in [0.4, 0.5) is 5.82 Å². The number of aromatic nitrogens is 4. The van der Waals surface area contributed by atoms with E-state index in [2.05, 4.69) is 15.0 Å². The number of carbonyl (C=O) groups excluding carboxylic acids is 1. The zero-order valence-corrected chi connectivity index (χ0v) is 18.0. The van der Waals surface area contributed by atoms with Gasteiger partial charge in [0.2, 0.25) is 0 Å². The third kappa shape index (κ3) is 4.19. The second-order valence-corrected chi connectivity index (χ2v) is 9.14. The minimum atomic E-state index is -4.37. The molecule has 0 aliphatic carbocycles. The number of hydrogen-bond donors (Lipinski definition) is 5. The van der Waals surface area contributed by atoms with E-state index in [1.165, 1.54) is 41.5 Å². The Bertz CT molecular complexity index is 1300. The van der Waals surface area contributed by atoms with Crippen molar-refractivity contribution < 1.29 is 33.3 Å². The molecular weight excluding hydrogens is 458 g/mol. The van der Waals surface area contributed by atoms with Crippen molar-refractivity contribution in [3.8, 4) is 5.75 Å². The van der Waals surface area contributed by atoms with Gasteiger partial charge in [0.25, 0.3) is 5.91 Å². The highest BCUT2D eigenvalue weighted by Crippen LogP contribution is 2.32. The maximum absolute atomic E-state index is 12.6. The first-order valence-electron chi connectivity index (χ1n) is 9.61. The number of carbonyl (C=O) groups is 1. The van der Waals surface area contributed by atoms with Crippen LogP contribution < -0.4 is 10.5 Å². The molecule has 2 aromatic heterocycles. The van der Waals surface area contributed by atoms with E-state index in [9.17, 15) is 28.5 Å². The molecule has 1 aliphatic rings. The lowest BCUT2D eigenvalue weighted by Gasteiger charge is -2.22. The van der Waals surface area contributed by atoms with Crippen molar-refractivity contribution in [1.29, 1.82) is 0 Å². The molecule has 176 valence electrons. The lowest BCUT2D eigenvalue weighted by atomic mass is 10.1. The number of anilines is 1. The Kier molecular flexibility index (Phi) is 5.89.